The topological polar surface area (TPSA) is 127 Å². The van der Waals surface area contributed by atoms with Crippen molar-refractivity contribution in [3.05, 3.63) is 153 Å². The van der Waals surface area contributed by atoms with E-state index in [1.165, 1.54) is 22.3 Å². The molecule has 279 valence electrons. The number of hydrogen-bond donors (Lipinski definition) is 2. The molecule has 0 amide bonds. The molecule has 4 aromatic carbocycles. The van der Waals surface area contributed by atoms with Crippen molar-refractivity contribution in [3.63, 3.8) is 0 Å². The van der Waals surface area contributed by atoms with Crippen LogP contribution in [0.1, 0.15) is 69.5 Å². The minimum absolute atomic E-state index is 0. The van der Waals surface area contributed by atoms with Gasteiger partial charge in [0.15, 0.2) is 0 Å². The van der Waals surface area contributed by atoms with E-state index in [1.807, 2.05) is 24.3 Å². The Kier molecular flexibility index (Phi) is 15.0. The van der Waals surface area contributed by atoms with E-state index < -0.39 is 23.5 Å². The molecule has 0 heterocycles. The van der Waals surface area contributed by atoms with Crippen molar-refractivity contribution in [2.75, 3.05) is 13.2 Å². The number of esters is 2. The van der Waals surface area contributed by atoms with Crippen LogP contribution in [0.5, 0.6) is 0 Å². The van der Waals surface area contributed by atoms with Crippen LogP contribution < -0.4 is 0 Å². The standard InChI is InChI=1S/2C22H22O4.Cu/c2*1-2-26-22(25)21(24)14-20(23)19-13-17-8-7-15-3-5-16(6-4-15)9-11-18(19)12-10-17;/h2*3-6,10,12-14,23H,2,7-9,11H2,1H3;/b2*20-14-;. The number of benzene rings is 4. The van der Waals surface area contributed by atoms with Crippen molar-refractivity contribution in [2.45, 2.75) is 65.2 Å². The molecule has 8 aliphatic carbocycles. The minimum atomic E-state index is -0.953. The van der Waals surface area contributed by atoms with Crippen LogP contribution >= 0.6 is 0 Å². The summed E-state index contributed by atoms with van der Waals surface area (Å²) in [4.78, 5) is 46.8. The number of ketones is 2. The third-order valence-electron chi connectivity index (χ3n) is 9.21. The molecule has 8 nitrogen and oxygen atoms in total. The van der Waals surface area contributed by atoms with Gasteiger partial charge in [-0.05, 0) is 122 Å². The second-order valence-electron chi connectivity index (χ2n) is 12.8. The Bertz CT molecular complexity index is 1850. The van der Waals surface area contributed by atoms with Gasteiger partial charge in [0, 0.05) is 40.3 Å². The van der Waals surface area contributed by atoms with Crippen molar-refractivity contribution < 1.29 is 55.9 Å². The zero-order valence-electron chi connectivity index (χ0n) is 30.0. The Morgan fingerprint density at radius 1 is 0.491 bits per heavy atom. The van der Waals surface area contributed by atoms with Crippen LogP contribution in [-0.4, -0.2) is 46.9 Å². The van der Waals surface area contributed by atoms with Crippen molar-refractivity contribution in [1.82, 2.24) is 0 Å². The van der Waals surface area contributed by atoms with E-state index in [1.54, 1.807) is 13.8 Å². The first-order chi connectivity index (χ1) is 25.1. The second-order valence-corrected chi connectivity index (χ2v) is 12.8. The molecule has 0 fully saturated rings. The molecule has 0 unspecified atom stereocenters. The largest absolute Gasteiger partial charge is 0.507 e. The predicted octanol–water partition coefficient (Wildman–Crippen LogP) is 7.20. The summed E-state index contributed by atoms with van der Waals surface area (Å²) in [5, 5.41) is 21.0. The monoisotopic (exact) mass is 763 g/mol. The Labute approximate surface area is 321 Å². The molecule has 0 spiro atoms. The summed E-state index contributed by atoms with van der Waals surface area (Å²) in [5.41, 5.74) is 10.3. The SMILES string of the molecule is CCOC(=O)C(=O)/C=C(\O)c1cc2ccc1CCc1ccc(cc1)CC2.CCOC(=O)C(=O)/C=C(\O)c1cc2ccc1CCc1ccc(cc1)CC2.[Cu]. The van der Waals surface area contributed by atoms with Crippen LogP contribution in [0.3, 0.4) is 0 Å². The summed E-state index contributed by atoms with van der Waals surface area (Å²) < 4.78 is 9.38. The van der Waals surface area contributed by atoms with Gasteiger partial charge in [-0.15, -0.1) is 0 Å². The van der Waals surface area contributed by atoms with Gasteiger partial charge in [0.05, 0.1) is 13.2 Å². The number of carbonyl (C=O) groups excluding carboxylic acids is 4. The Morgan fingerprint density at radius 3 is 1.09 bits per heavy atom. The zero-order valence-corrected chi connectivity index (χ0v) is 30.9. The number of carbonyl (C=O) groups is 4. The number of rotatable bonds is 8. The fourth-order valence-electron chi connectivity index (χ4n) is 6.28. The van der Waals surface area contributed by atoms with E-state index in [4.69, 9.17) is 0 Å². The molecule has 4 aromatic rings. The molecule has 53 heavy (non-hydrogen) atoms. The van der Waals surface area contributed by atoms with Crippen molar-refractivity contribution in [2.24, 2.45) is 0 Å². The number of ether oxygens (including phenoxy) is 2. The van der Waals surface area contributed by atoms with Crippen molar-refractivity contribution in [3.8, 4) is 0 Å². The average molecular weight is 764 g/mol. The second kappa shape index (κ2) is 19.6. The number of hydrogen-bond acceptors (Lipinski definition) is 8. The van der Waals surface area contributed by atoms with Crippen LogP contribution in [0.25, 0.3) is 11.5 Å². The van der Waals surface area contributed by atoms with Gasteiger partial charge in [0.1, 0.15) is 11.5 Å². The van der Waals surface area contributed by atoms with Gasteiger partial charge in [0.2, 0.25) is 0 Å². The van der Waals surface area contributed by atoms with E-state index >= 15 is 0 Å². The Hall–Kier alpha value is -5.24. The van der Waals surface area contributed by atoms with Crippen LogP contribution in [0, 0.1) is 0 Å². The van der Waals surface area contributed by atoms with E-state index in [0.717, 1.165) is 85.8 Å². The van der Waals surface area contributed by atoms with Crippen LogP contribution in [-0.2, 0) is 97.1 Å². The Morgan fingerprint density at radius 2 is 0.774 bits per heavy atom. The number of aliphatic hydroxyl groups is 2. The van der Waals surface area contributed by atoms with Gasteiger partial charge in [0.25, 0.3) is 11.6 Å². The first-order valence-corrected chi connectivity index (χ1v) is 17.8. The van der Waals surface area contributed by atoms with E-state index in [2.05, 4.69) is 70.1 Å². The molecule has 8 bridgehead atoms. The molecule has 0 saturated carbocycles. The fraction of sp³-hybridized carbons (Fsp3) is 0.273. The molecule has 8 aliphatic rings. The van der Waals surface area contributed by atoms with Crippen molar-refractivity contribution in [1.29, 1.82) is 0 Å². The maximum absolute atomic E-state index is 11.9. The molecular formula is C44H44CuO8. The molecule has 1 radical (unpaired) electrons. The summed E-state index contributed by atoms with van der Waals surface area (Å²) in [7, 11) is 0. The van der Waals surface area contributed by atoms with Crippen LogP contribution in [0.4, 0.5) is 0 Å². The van der Waals surface area contributed by atoms with Gasteiger partial charge in [-0.2, -0.15) is 0 Å². The van der Waals surface area contributed by atoms with Gasteiger partial charge in [-0.1, -0.05) is 72.8 Å². The first kappa shape index (κ1) is 40.5. The summed E-state index contributed by atoms with van der Waals surface area (Å²) in [6.07, 6.45) is 8.56. The predicted molar refractivity (Wildman–Crippen MR) is 200 cm³/mol. The normalized spacial score (nSPS) is 13.5. The zero-order chi connectivity index (χ0) is 37.0. The van der Waals surface area contributed by atoms with Gasteiger partial charge < -0.3 is 19.7 Å². The van der Waals surface area contributed by atoms with E-state index in [9.17, 15) is 29.4 Å². The summed E-state index contributed by atoms with van der Waals surface area (Å²) >= 11 is 0. The molecule has 0 aliphatic heterocycles. The summed E-state index contributed by atoms with van der Waals surface area (Å²) in [6, 6.07) is 29.2. The third kappa shape index (κ3) is 11.4. The van der Waals surface area contributed by atoms with Gasteiger partial charge >= 0.3 is 11.9 Å². The van der Waals surface area contributed by atoms with E-state index in [-0.39, 0.29) is 41.8 Å². The molecular weight excluding hydrogens is 720 g/mol. The maximum Gasteiger partial charge on any atom is 0.379 e. The molecule has 9 heteroatoms. The smallest absolute Gasteiger partial charge is 0.379 e. The number of aliphatic hydroxyl groups excluding tert-OH is 2. The Balaban J connectivity index is 0.000000232. The molecule has 0 atom stereocenters. The van der Waals surface area contributed by atoms with E-state index in [0.29, 0.717) is 11.1 Å². The van der Waals surface area contributed by atoms with Crippen molar-refractivity contribution >= 4 is 35.0 Å². The average Bonchev–Trinajstić information content (AvgIpc) is 3.14. The minimum Gasteiger partial charge on any atom is -0.507 e. The molecule has 0 aromatic heterocycles. The van der Waals surface area contributed by atoms with Gasteiger partial charge in [-0.3, -0.25) is 9.59 Å². The third-order valence-corrected chi connectivity index (χ3v) is 9.21. The quantitative estimate of drug-likeness (QED) is 0.0635. The van der Waals surface area contributed by atoms with Crippen LogP contribution in [0.2, 0.25) is 0 Å². The molecule has 2 N–H and O–H groups in total. The van der Waals surface area contributed by atoms with Gasteiger partial charge in [-0.25, -0.2) is 9.59 Å². The maximum atomic E-state index is 11.9. The summed E-state index contributed by atoms with van der Waals surface area (Å²) in [6.45, 7) is 3.51. The molecule has 12 rings (SSSR count). The van der Waals surface area contributed by atoms with Crippen LogP contribution in [0.15, 0.2) is 97.1 Å². The first-order valence-electron chi connectivity index (χ1n) is 17.8. The fourth-order valence-corrected chi connectivity index (χ4v) is 6.28. The molecule has 0 saturated heterocycles. The number of aryl methyl sites for hydroxylation is 8. The summed E-state index contributed by atoms with van der Waals surface area (Å²) in [5.74, 6) is -3.98.